The smallest absolute Gasteiger partial charge is 0.328 e. The minimum absolute atomic E-state index is 0.272. The Morgan fingerprint density at radius 3 is 2.13 bits per heavy atom. The van der Waals surface area contributed by atoms with Gasteiger partial charge in [0.25, 0.3) is 0 Å². The first-order chi connectivity index (χ1) is 14.6. The number of aliphatic carboxylic acids is 1. The van der Waals surface area contributed by atoms with Gasteiger partial charge in [-0.05, 0) is 33.6 Å². The summed E-state index contributed by atoms with van der Waals surface area (Å²) in [4.78, 5) is 21.3. The van der Waals surface area contributed by atoms with Crippen molar-refractivity contribution >= 4 is 38.5 Å². The third-order valence-corrected chi connectivity index (χ3v) is 5.53. The first-order valence-corrected chi connectivity index (χ1v) is 10.4. The van der Waals surface area contributed by atoms with Gasteiger partial charge in [0.15, 0.2) is 6.04 Å². The maximum absolute atomic E-state index is 12.2. The van der Waals surface area contributed by atoms with Gasteiger partial charge >= 0.3 is 5.97 Å². The highest BCUT2D eigenvalue weighted by Crippen LogP contribution is 2.26. The zero-order chi connectivity index (χ0) is 20.9. The van der Waals surface area contributed by atoms with Crippen molar-refractivity contribution < 1.29 is 9.90 Å². The molecule has 148 valence electrons. The Kier molecular flexibility index (Phi) is 6.00. The van der Waals surface area contributed by atoms with E-state index in [0.717, 1.165) is 32.1 Å². The monoisotopic (exact) mass is 458 g/mol. The number of carboxylic acids is 1. The van der Waals surface area contributed by atoms with Gasteiger partial charge < -0.3 is 5.11 Å². The molecule has 4 aromatic rings. The second-order valence-electron chi connectivity index (χ2n) is 6.87. The fourth-order valence-corrected chi connectivity index (χ4v) is 3.88. The molecule has 1 atom stereocenters. The van der Waals surface area contributed by atoms with Gasteiger partial charge in [0.05, 0.1) is 11.2 Å². The summed E-state index contributed by atoms with van der Waals surface area (Å²) in [5.41, 5.74) is 4.16. The summed E-state index contributed by atoms with van der Waals surface area (Å²) in [6, 6.07) is 26.1. The van der Waals surface area contributed by atoms with Crippen LogP contribution in [0, 0.1) is 0 Å². The summed E-state index contributed by atoms with van der Waals surface area (Å²) in [5, 5.41) is 10.9. The number of hydrogen-bond acceptors (Lipinski definition) is 3. The predicted octanol–water partition coefficient (Wildman–Crippen LogP) is 5.53. The number of halogens is 1. The Bertz CT molecular complexity index is 1170. The number of benzene rings is 3. The van der Waals surface area contributed by atoms with Crippen LogP contribution in [0.3, 0.4) is 0 Å². The van der Waals surface area contributed by atoms with Crippen molar-refractivity contribution in [1.82, 2.24) is 4.98 Å². The van der Waals surface area contributed by atoms with Crippen molar-refractivity contribution in [2.45, 2.75) is 12.5 Å². The van der Waals surface area contributed by atoms with Crippen LogP contribution >= 0.6 is 15.9 Å². The lowest BCUT2D eigenvalue weighted by atomic mass is 9.99. The number of rotatable bonds is 6. The molecule has 0 aliphatic heterocycles. The second-order valence-corrected chi connectivity index (χ2v) is 7.73. The molecule has 0 saturated heterocycles. The largest absolute Gasteiger partial charge is 0.480 e. The number of carbonyl (C=O) groups is 1. The number of carboxylic acid groups (broad SMARTS) is 1. The lowest BCUT2D eigenvalue weighted by Gasteiger charge is -2.14. The van der Waals surface area contributed by atoms with Crippen LogP contribution in [0.4, 0.5) is 0 Å². The highest BCUT2D eigenvalue weighted by atomic mass is 79.9. The zero-order valence-corrected chi connectivity index (χ0v) is 17.7. The molecule has 1 N–H and O–H groups in total. The van der Waals surface area contributed by atoms with Crippen molar-refractivity contribution in [1.29, 1.82) is 0 Å². The van der Waals surface area contributed by atoms with E-state index in [1.165, 1.54) is 0 Å². The van der Waals surface area contributed by atoms with Crippen LogP contribution in [0.15, 0.2) is 101 Å². The summed E-state index contributed by atoms with van der Waals surface area (Å²) >= 11 is 3.52. The molecule has 1 aromatic heterocycles. The van der Waals surface area contributed by atoms with Gasteiger partial charge in [0.2, 0.25) is 0 Å². The van der Waals surface area contributed by atoms with Crippen LogP contribution in [-0.2, 0) is 11.2 Å². The van der Waals surface area contributed by atoms with Gasteiger partial charge in [-0.15, -0.1) is 0 Å². The fourth-order valence-electron chi connectivity index (χ4n) is 3.44. The van der Waals surface area contributed by atoms with E-state index in [1.807, 2.05) is 84.9 Å². The molecule has 0 aliphatic rings. The Morgan fingerprint density at radius 1 is 0.900 bits per heavy atom. The van der Waals surface area contributed by atoms with Crippen molar-refractivity contribution in [3.8, 4) is 0 Å². The highest BCUT2D eigenvalue weighted by Gasteiger charge is 2.21. The van der Waals surface area contributed by atoms with Crippen LogP contribution < -0.4 is 0 Å². The fraction of sp³-hybridized carbons (Fsp3) is 0.0800. The minimum Gasteiger partial charge on any atom is -0.480 e. The average Bonchev–Trinajstić information content (AvgIpc) is 2.79. The molecule has 3 aromatic carbocycles. The molecular weight excluding hydrogens is 440 g/mol. The normalized spacial score (nSPS) is 11.8. The van der Waals surface area contributed by atoms with Crippen molar-refractivity contribution in [2.75, 3.05) is 0 Å². The molecule has 0 amide bonds. The molecular formula is C25H19BrN2O2. The van der Waals surface area contributed by atoms with Crippen molar-refractivity contribution in [2.24, 2.45) is 4.99 Å². The Labute approximate surface area is 183 Å². The molecule has 0 unspecified atom stereocenters. The number of pyridine rings is 1. The van der Waals surface area contributed by atoms with E-state index in [-0.39, 0.29) is 6.42 Å². The van der Waals surface area contributed by atoms with E-state index in [9.17, 15) is 9.90 Å². The second kappa shape index (κ2) is 9.01. The van der Waals surface area contributed by atoms with Crippen LogP contribution in [0.2, 0.25) is 0 Å². The molecule has 0 radical (unpaired) electrons. The molecule has 0 saturated carbocycles. The number of nitrogens with zero attached hydrogens (tertiary/aromatic N) is 2. The third kappa shape index (κ3) is 4.31. The van der Waals surface area contributed by atoms with Gasteiger partial charge in [0.1, 0.15) is 0 Å². The number of hydrogen-bond donors (Lipinski definition) is 1. The van der Waals surface area contributed by atoms with Crippen LogP contribution in [-0.4, -0.2) is 27.8 Å². The van der Waals surface area contributed by atoms with E-state index in [2.05, 4.69) is 20.9 Å². The molecule has 4 nitrogen and oxygen atoms in total. The summed E-state index contributed by atoms with van der Waals surface area (Å²) in [7, 11) is 0. The predicted molar refractivity (Wildman–Crippen MR) is 123 cm³/mol. The van der Waals surface area contributed by atoms with Crippen molar-refractivity contribution in [3.05, 3.63) is 112 Å². The maximum atomic E-state index is 12.2. The molecule has 30 heavy (non-hydrogen) atoms. The Balaban J connectivity index is 1.80. The van der Waals surface area contributed by atoms with Crippen molar-refractivity contribution in [3.63, 3.8) is 0 Å². The Hall–Kier alpha value is -3.31. The van der Waals surface area contributed by atoms with Crippen LogP contribution in [0.1, 0.15) is 16.7 Å². The molecule has 0 spiro atoms. The van der Waals surface area contributed by atoms with Crippen LogP contribution in [0.25, 0.3) is 10.9 Å². The Morgan fingerprint density at radius 2 is 1.53 bits per heavy atom. The zero-order valence-electron chi connectivity index (χ0n) is 16.1. The number of fused-ring (bicyclic) bond motifs is 1. The standard InChI is InChI=1S/C25H19BrN2O2/c26-21-14-13-19(20-12-7-15-27-24(20)21)16-22(25(29)30)28-23(17-8-3-1-4-9-17)18-10-5-2-6-11-18/h1-15,22H,16H2,(H,29,30)/t22-/m0/s1. The molecule has 0 fully saturated rings. The quantitative estimate of drug-likeness (QED) is 0.386. The summed E-state index contributed by atoms with van der Waals surface area (Å²) in [5.74, 6) is -0.959. The topological polar surface area (TPSA) is 62.5 Å². The highest BCUT2D eigenvalue weighted by molar-refractivity contribution is 9.10. The van der Waals surface area contributed by atoms with Gasteiger partial charge in [-0.2, -0.15) is 0 Å². The van der Waals surface area contributed by atoms with E-state index in [0.29, 0.717) is 5.71 Å². The van der Waals surface area contributed by atoms with Gasteiger partial charge in [0, 0.05) is 33.6 Å². The first kappa shape index (κ1) is 20.0. The molecule has 1 heterocycles. The SMILES string of the molecule is O=C(O)[C@H](Cc1ccc(Br)c2ncccc12)N=C(c1ccccc1)c1ccccc1. The molecule has 0 bridgehead atoms. The van der Waals surface area contributed by atoms with Gasteiger partial charge in [-0.1, -0.05) is 72.8 Å². The minimum atomic E-state index is -0.959. The number of aliphatic imine (C=N–C) groups is 1. The molecule has 5 heteroatoms. The van der Waals surface area contributed by atoms with Gasteiger partial charge in [-0.3, -0.25) is 9.98 Å². The van der Waals surface area contributed by atoms with E-state index >= 15 is 0 Å². The first-order valence-electron chi connectivity index (χ1n) is 9.57. The lowest BCUT2D eigenvalue weighted by Crippen LogP contribution is -2.23. The third-order valence-electron chi connectivity index (χ3n) is 4.89. The maximum Gasteiger partial charge on any atom is 0.328 e. The lowest BCUT2D eigenvalue weighted by molar-refractivity contribution is -0.138. The summed E-state index contributed by atoms with van der Waals surface area (Å²) in [6.45, 7) is 0. The summed E-state index contributed by atoms with van der Waals surface area (Å²) in [6.07, 6.45) is 2.00. The van der Waals surface area contributed by atoms with Gasteiger partial charge in [-0.25, -0.2) is 4.79 Å². The average molecular weight is 459 g/mol. The number of aromatic nitrogens is 1. The van der Waals surface area contributed by atoms with E-state index in [4.69, 9.17) is 4.99 Å². The van der Waals surface area contributed by atoms with Crippen LogP contribution in [0.5, 0.6) is 0 Å². The molecule has 4 rings (SSSR count). The molecule has 0 aliphatic carbocycles. The van der Waals surface area contributed by atoms with E-state index in [1.54, 1.807) is 6.20 Å². The summed E-state index contributed by atoms with van der Waals surface area (Å²) < 4.78 is 0.881. The van der Waals surface area contributed by atoms with E-state index < -0.39 is 12.0 Å².